The van der Waals surface area contributed by atoms with Crippen molar-refractivity contribution in [2.24, 2.45) is 0 Å². The molecule has 1 aliphatic heterocycles. The summed E-state index contributed by atoms with van der Waals surface area (Å²) in [6.45, 7) is 0.317. The Hall–Kier alpha value is -1.61. The molecule has 8 nitrogen and oxygen atoms in total. The predicted molar refractivity (Wildman–Crippen MR) is 68.6 cm³/mol. The molecule has 2 heterocycles. The molecule has 1 aliphatic rings. The van der Waals surface area contributed by atoms with Gasteiger partial charge in [-0.2, -0.15) is 9.40 Å². The van der Waals surface area contributed by atoms with E-state index in [2.05, 4.69) is 10.2 Å². The third-order valence-electron chi connectivity index (χ3n) is 3.15. The predicted octanol–water partition coefficient (Wildman–Crippen LogP) is -0.767. The summed E-state index contributed by atoms with van der Waals surface area (Å²) in [4.78, 5) is 13.3. The van der Waals surface area contributed by atoms with E-state index in [9.17, 15) is 13.2 Å². The van der Waals surface area contributed by atoms with Crippen molar-refractivity contribution < 1.29 is 13.2 Å². The van der Waals surface area contributed by atoms with Crippen molar-refractivity contribution in [2.75, 3.05) is 26.4 Å². The molecule has 0 aromatic carbocycles. The van der Waals surface area contributed by atoms with E-state index in [4.69, 9.17) is 5.73 Å². The maximum atomic E-state index is 12.5. The molecular weight excluding hydrogens is 270 g/mol. The number of carbonyl (C=O) groups is 1. The lowest BCUT2D eigenvalue weighted by atomic mass is 10.2. The van der Waals surface area contributed by atoms with Crippen LogP contribution in [-0.4, -0.2) is 60.4 Å². The summed E-state index contributed by atoms with van der Waals surface area (Å²) in [5, 5.41) is 6.00. The molecule has 9 heteroatoms. The van der Waals surface area contributed by atoms with E-state index in [-0.39, 0.29) is 16.6 Å². The van der Waals surface area contributed by atoms with Gasteiger partial charge in [0.05, 0.1) is 6.20 Å². The Bertz CT molecular complexity index is 580. The second-order valence-electron chi connectivity index (χ2n) is 4.65. The first kappa shape index (κ1) is 13.8. The molecule has 1 fully saturated rings. The van der Waals surface area contributed by atoms with Crippen LogP contribution in [0.25, 0.3) is 0 Å². The molecule has 0 saturated carbocycles. The van der Waals surface area contributed by atoms with Crippen LogP contribution in [-0.2, 0) is 14.8 Å². The lowest BCUT2D eigenvalue weighted by molar-refractivity contribution is -0.132. The highest BCUT2D eigenvalue weighted by atomic mass is 32.2. The van der Waals surface area contributed by atoms with Gasteiger partial charge in [0.15, 0.2) is 0 Å². The Kier molecular flexibility index (Phi) is 3.50. The number of aromatic nitrogens is 2. The Labute approximate surface area is 111 Å². The number of H-pyrrole nitrogens is 1. The number of carbonyl (C=O) groups excluding carboxylic acids is 1. The Morgan fingerprint density at radius 3 is 2.79 bits per heavy atom. The van der Waals surface area contributed by atoms with E-state index in [1.54, 1.807) is 14.1 Å². The van der Waals surface area contributed by atoms with Gasteiger partial charge in [0, 0.05) is 20.6 Å². The van der Waals surface area contributed by atoms with E-state index in [0.29, 0.717) is 19.4 Å². The molecular formula is C10H17N5O3S. The van der Waals surface area contributed by atoms with Gasteiger partial charge in [0.2, 0.25) is 15.9 Å². The van der Waals surface area contributed by atoms with Crippen LogP contribution < -0.4 is 5.73 Å². The molecule has 1 amide bonds. The average molecular weight is 287 g/mol. The standard InChI is InChI=1S/C10H17N5O3S/c1-14(2)10(16)7-4-3-5-15(7)19(17,18)8-6-12-13-9(8)11/h6-7H,3-5H2,1-2H3,(H3,11,12,13). The number of sulfonamides is 1. The van der Waals surface area contributed by atoms with Gasteiger partial charge in [-0.25, -0.2) is 8.42 Å². The minimum atomic E-state index is -3.79. The molecule has 1 atom stereocenters. The van der Waals surface area contributed by atoms with Crippen LogP contribution in [0.2, 0.25) is 0 Å². The van der Waals surface area contributed by atoms with Gasteiger partial charge >= 0.3 is 0 Å². The number of amides is 1. The van der Waals surface area contributed by atoms with Crippen molar-refractivity contribution >= 4 is 21.7 Å². The largest absolute Gasteiger partial charge is 0.383 e. The second-order valence-corrected chi connectivity index (χ2v) is 6.51. The summed E-state index contributed by atoms with van der Waals surface area (Å²) in [6, 6.07) is -0.658. The minimum absolute atomic E-state index is 0.0112. The molecule has 1 aromatic heterocycles. The van der Waals surface area contributed by atoms with Crippen LogP contribution in [0.5, 0.6) is 0 Å². The summed E-state index contributed by atoms with van der Waals surface area (Å²) in [5.74, 6) is -0.230. The van der Waals surface area contributed by atoms with Crippen molar-refractivity contribution in [1.82, 2.24) is 19.4 Å². The first-order valence-corrected chi connectivity index (χ1v) is 7.31. The zero-order valence-electron chi connectivity index (χ0n) is 10.8. The van der Waals surface area contributed by atoms with Crippen LogP contribution in [0, 0.1) is 0 Å². The third kappa shape index (κ3) is 2.30. The Morgan fingerprint density at radius 1 is 1.58 bits per heavy atom. The van der Waals surface area contributed by atoms with Gasteiger partial charge in [-0.15, -0.1) is 0 Å². The first-order valence-electron chi connectivity index (χ1n) is 5.87. The molecule has 1 saturated heterocycles. The summed E-state index contributed by atoms with van der Waals surface area (Å²) >= 11 is 0. The van der Waals surface area contributed by atoms with Crippen LogP contribution in [0.4, 0.5) is 5.82 Å². The van der Waals surface area contributed by atoms with Gasteiger partial charge in [0.1, 0.15) is 16.8 Å². The van der Waals surface area contributed by atoms with Crippen LogP contribution in [0.1, 0.15) is 12.8 Å². The van der Waals surface area contributed by atoms with Gasteiger partial charge in [-0.1, -0.05) is 0 Å². The fourth-order valence-corrected chi connectivity index (χ4v) is 3.85. The van der Waals surface area contributed by atoms with Crippen LogP contribution in [0.3, 0.4) is 0 Å². The summed E-state index contributed by atoms with van der Waals surface area (Å²) < 4.78 is 26.1. The van der Waals surface area contributed by atoms with E-state index >= 15 is 0 Å². The molecule has 106 valence electrons. The van der Waals surface area contributed by atoms with Crippen molar-refractivity contribution in [3.8, 4) is 0 Å². The van der Waals surface area contributed by atoms with Crippen molar-refractivity contribution in [2.45, 2.75) is 23.8 Å². The van der Waals surface area contributed by atoms with Gasteiger partial charge < -0.3 is 10.6 Å². The van der Waals surface area contributed by atoms with Gasteiger partial charge in [-0.05, 0) is 12.8 Å². The SMILES string of the molecule is CN(C)C(=O)C1CCCN1S(=O)(=O)c1cn[nH]c1N. The highest BCUT2D eigenvalue weighted by molar-refractivity contribution is 7.89. The quantitative estimate of drug-likeness (QED) is 0.758. The van der Waals surface area contributed by atoms with E-state index in [0.717, 1.165) is 0 Å². The summed E-state index contributed by atoms with van der Waals surface area (Å²) in [5.41, 5.74) is 5.56. The highest BCUT2D eigenvalue weighted by Gasteiger charge is 2.41. The normalized spacial score (nSPS) is 20.6. The summed E-state index contributed by atoms with van der Waals surface area (Å²) in [7, 11) is -0.569. The number of aromatic amines is 1. The molecule has 0 aliphatic carbocycles. The number of hydrogen-bond donors (Lipinski definition) is 2. The molecule has 19 heavy (non-hydrogen) atoms. The number of nitrogens with zero attached hydrogens (tertiary/aromatic N) is 3. The lowest BCUT2D eigenvalue weighted by Crippen LogP contribution is -2.45. The zero-order chi connectivity index (χ0) is 14.2. The zero-order valence-corrected chi connectivity index (χ0v) is 11.6. The second kappa shape index (κ2) is 4.82. The van der Waals surface area contributed by atoms with E-state index in [1.807, 2.05) is 0 Å². The molecule has 3 N–H and O–H groups in total. The molecule has 0 bridgehead atoms. The average Bonchev–Trinajstić information content (AvgIpc) is 2.95. The number of nitrogens with one attached hydrogen (secondary N) is 1. The number of nitrogens with two attached hydrogens (primary N) is 1. The Morgan fingerprint density at radius 2 is 2.26 bits per heavy atom. The molecule has 2 rings (SSSR count). The fourth-order valence-electron chi connectivity index (χ4n) is 2.19. The van der Waals surface area contributed by atoms with Crippen LogP contribution >= 0.6 is 0 Å². The minimum Gasteiger partial charge on any atom is -0.383 e. The Balaban J connectivity index is 2.35. The van der Waals surface area contributed by atoms with Crippen molar-refractivity contribution in [3.63, 3.8) is 0 Å². The van der Waals surface area contributed by atoms with Crippen LogP contribution in [0.15, 0.2) is 11.1 Å². The van der Waals surface area contributed by atoms with Gasteiger partial charge in [0.25, 0.3) is 0 Å². The van der Waals surface area contributed by atoms with Crippen molar-refractivity contribution in [1.29, 1.82) is 0 Å². The highest BCUT2D eigenvalue weighted by Crippen LogP contribution is 2.28. The van der Waals surface area contributed by atoms with E-state index in [1.165, 1.54) is 15.4 Å². The monoisotopic (exact) mass is 287 g/mol. The number of hydrogen-bond acceptors (Lipinski definition) is 5. The number of rotatable bonds is 3. The smallest absolute Gasteiger partial charge is 0.249 e. The first-order chi connectivity index (χ1) is 8.85. The van der Waals surface area contributed by atoms with E-state index < -0.39 is 16.1 Å². The molecule has 1 aromatic rings. The topological polar surface area (TPSA) is 112 Å². The number of nitrogen functional groups attached to an aromatic ring is 1. The molecule has 1 unspecified atom stereocenters. The number of likely N-dealkylation sites (N-methyl/N-ethyl adjacent to an activating group) is 1. The van der Waals surface area contributed by atoms with Gasteiger partial charge in [-0.3, -0.25) is 9.89 Å². The molecule has 0 spiro atoms. The molecule has 0 radical (unpaired) electrons. The lowest BCUT2D eigenvalue weighted by Gasteiger charge is -2.25. The maximum absolute atomic E-state index is 12.5. The summed E-state index contributed by atoms with van der Waals surface area (Å²) in [6.07, 6.45) is 2.34. The number of anilines is 1. The fraction of sp³-hybridized carbons (Fsp3) is 0.600. The van der Waals surface area contributed by atoms with Crippen molar-refractivity contribution in [3.05, 3.63) is 6.20 Å². The maximum Gasteiger partial charge on any atom is 0.249 e. The third-order valence-corrected chi connectivity index (χ3v) is 5.08.